The largest absolute Gasteiger partial charge is 0.494 e. The number of fused-ring (bicyclic) bond motifs is 1. The summed E-state index contributed by atoms with van der Waals surface area (Å²) < 4.78 is 11.9. The summed E-state index contributed by atoms with van der Waals surface area (Å²) in [4.78, 5) is 16.2. The molecule has 0 unspecified atom stereocenters. The number of hydrogen-bond donors (Lipinski definition) is 1. The van der Waals surface area contributed by atoms with E-state index in [1.807, 2.05) is 20.8 Å². The first-order chi connectivity index (χ1) is 8.83. The Hall–Kier alpha value is -2.24. The Balaban J connectivity index is 2.50. The number of pyridine rings is 1. The topological polar surface area (TPSA) is 79.4 Å². The maximum atomic E-state index is 12.0. The van der Waals surface area contributed by atoms with Crippen LogP contribution in [0, 0.1) is 0 Å². The highest BCUT2D eigenvalue weighted by Gasteiger charge is 2.20. The first-order valence-corrected chi connectivity index (χ1v) is 5.86. The van der Waals surface area contributed by atoms with E-state index in [0.717, 1.165) is 0 Å². The Morgan fingerprint density at radius 3 is 2.68 bits per heavy atom. The molecule has 0 aliphatic rings. The van der Waals surface area contributed by atoms with E-state index in [0.29, 0.717) is 22.5 Å². The van der Waals surface area contributed by atoms with Crippen LogP contribution in [0.25, 0.3) is 11.0 Å². The average Bonchev–Trinajstić information content (AvgIpc) is 2.70. The van der Waals surface area contributed by atoms with Gasteiger partial charge >= 0.3 is 6.09 Å². The zero-order valence-electron chi connectivity index (χ0n) is 11.4. The van der Waals surface area contributed by atoms with Crippen LogP contribution in [0.15, 0.2) is 18.5 Å². The number of nitrogens with two attached hydrogens (primary N) is 1. The summed E-state index contributed by atoms with van der Waals surface area (Å²) in [7, 11) is 1.52. The molecule has 2 N–H and O–H groups in total. The summed E-state index contributed by atoms with van der Waals surface area (Å²) in [6.07, 6.45) is 2.57. The van der Waals surface area contributed by atoms with E-state index in [2.05, 4.69) is 4.98 Å². The number of hydrogen-bond acceptors (Lipinski definition) is 5. The van der Waals surface area contributed by atoms with Crippen molar-refractivity contribution >= 4 is 22.8 Å². The molecule has 0 amide bonds. The molecule has 0 saturated heterocycles. The molecule has 6 nitrogen and oxygen atoms in total. The third-order valence-electron chi connectivity index (χ3n) is 2.49. The molecule has 0 spiro atoms. The van der Waals surface area contributed by atoms with Crippen LogP contribution >= 0.6 is 0 Å². The Kier molecular flexibility index (Phi) is 3.09. The zero-order valence-corrected chi connectivity index (χ0v) is 11.4. The van der Waals surface area contributed by atoms with Crippen LogP contribution in [0.4, 0.5) is 10.5 Å². The normalized spacial score (nSPS) is 11.6. The predicted molar refractivity (Wildman–Crippen MR) is 72.3 cm³/mol. The summed E-state index contributed by atoms with van der Waals surface area (Å²) in [6.45, 7) is 5.42. The summed E-state index contributed by atoms with van der Waals surface area (Å²) in [5, 5.41) is 0.674. The molecule has 2 heterocycles. The molecule has 102 valence electrons. The van der Waals surface area contributed by atoms with Crippen LogP contribution in [0.1, 0.15) is 20.8 Å². The number of carbonyl (C=O) groups excluding carboxylic acids is 1. The predicted octanol–water partition coefficient (Wildman–Crippen LogP) is 2.41. The van der Waals surface area contributed by atoms with Crippen LogP contribution in [0.5, 0.6) is 5.75 Å². The molecule has 2 aromatic heterocycles. The molecule has 0 atom stereocenters. The van der Waals surface area contributed by atoms with Crippen molar-refractivity contribution in [3.8, 4) is 5.75 Å². The van der Waals surface area contributed by atoms with Crippen molar-refractivity contribution in [2.45, 2.75) is 26.4 Å². The third kappa shape index (κ3) is 2.47. The highest BCUT2D eigenvalue weighted by molar-refractivity contribution is 5.93. The van der Waals surface area contributed by atoms with E-state index >= 15 is 0 Å². The van der Waals surface area contributed by atoms with Gasteiger partial charge in [0.1, 0.15) is 5.60 Å². The Morgan fingerprint density at radius 1 is 1.42 bits per heavy atom. The number of methoxy groups -OCH3 is 1. The van der Waals surface area contributed by atoms with Crippen molar-refractivity contribution in [1.82, 2.24) is 9.55 Å². The number of nitrogen functional groups attached to an aromatic ring is 1. The fourth-order valence-electron chi connectivity index (χ4n) is 1.76. The second-order valence-corrected chi connectivity index (χ2v) is 5.15. The average molecular weight is 263 g/mol. The summed E-state index contributed by atoms with van der Waals surface area (Å²) >= 11 is 0. The smallest absolute Gasteiger partial charge is 0.420 e. The number of rotatable bonds is 1. The van der Waals surface area contributed by atoms with Gasteiger partial charge in [-0.05, 0) is 26.8 Å². The Labute approximate surface area is 111 Å². The summed E-state index contributed by atoms with van der Waals surface area (Å²) in [6, 6.07) is 1.72. The van der Waals surface area contributed by atoms with E-state index in [1.54, 1.807) is 12.3 Å². The van der Waals surface area contributed by atoms with Gasteiger partial charge in [0, 0.05) is 6.20 Å². The van der Waals surface area contributed by atoms with Gasteiger partial charge in [0.15, 0.2) is 11.4 Å². The van der Waals surface area contributed by atoms with E-state index in [9.17, 15) is 4.79 Å². The second kappa shape index (κ2) is 4.46. The molecule has 2 aromatic rings. The highest BCUT2D eigenvalue weighted by atomic mass is 16.6. The van der Waals surface area contributed by atoms with Crippen molar-refractivity contribution in [1.29, 1.82) is 0 Å². The number of nitrogens with zero attached hydrogens (tertiary/aromatic N) is 2. The van der Waals surface area contributed by atoms with Crippen molar-refractivity contribution in [3.63, 3.8) is 0 Å². The number of anilines is 1. The minimum Gasteiger partial charge on any atom is -0.494 e. The van der Waals surface area contributed by atoms with Gasteiger partial charge in [-0.1, -0.05) is 0 Å². The number of carbonyl (C=O) groups is 1. The molecule has 0 fully saturated rings. The first-order valence-electron chi connectivity index (χ1n) is 5.86. The van der Waals surface area contributed by atoms with Gasteiger partial charge in [-0.2, -0.15) is 0 Å². The minimum absolute atomic E-state index is 0.428. The van der Waals surface area contributed by atoms with Gasteiger partial charge in [-0.25, -0.2) is 14.3 Å². The SMILES string of the molecule is COc1c(N)cnc2c1ccn2C(=O)OC(C)(C)C. The lowest BCUT2D eigenvalue weighted by atomic mass is 10.2. The van der Waals surface area contributed by atoms with Gasteiger partial charge in [0.05, 0.1) is 24.4 Å². The molecule has 19 heavy (non-hydrogen) atoms. The molecule has 0 saturated carbocycles. The quantitative estimate of drug-likeness (QED) is 0.854. The number of ether oxygens (including phenoxy) is 2. The molecule has 0 aliphatic carbocycles. The van der Waals surface area contributed by atoms with Gasteiger partial charge in [0.2, 0.25) is 0 Å². The zero-order chi connectivity index (χ0) is 14.2. The molecule has 0 aromatic carbocycles. The minimum atomic E-state index is -0.564. The molecule has 0 radical (unpaired) electrons. The van der Waals surface area contributed by atoms with E-state index in [4.69, 9.17) is 15.2 Å². The van der Waals surface area contributed by atoms with E-state index in [1.165, 1.54) is 17.9 Å². The van der Waals surface area contributed by atoms with Crippen molar-refractivity contribution in [3.05, 3.63) is 18.5 Å². The highest BCUT2D eigenvalue weighted by Crippen LogP contribution is 2.30. The fourth-order valence-corrected chi connectivity index (χ4v) is 1.76. The standard InChI is InChI=1S/C13H17N3O3/c1-13(2,3)19-12(17)16-6-5-8-10(18-4)9(14)7-15-11(8)16/h5-7H,14H2,1-4H3. The van der Waals surface area contributed by atoms with Crippen LogP contribution in [-0.2, 0) is 4.74 Å². The summed E-state index contributed by atoms with van der Waals surface area (Å²) in [5.41, 5.74) is 6.09. The Bertz CT molecular complexity index is 626. The molecule has 6 heteroatoms. The van der Waals surface area contributed by atoms with E-state index < -0.39 is 11.7 Å². The van der Waals surface area contributed by atoms with Gasteiger partial charge in [-0.15, -0.1) is 0 Å². The van der Waals surface area contributed by atoms with Crippen LogP contribution < -0.4 is 10.5 Å². The van der Waals surface area contributed by atoms with Crippen molar-refractivity contribution < 1.29 is 14.3 Å². The van der Waals surface area contributed by atoms with Gasteiger partial charge in [-0.3, -0.25) is 0 Å². The van der Waals surface area contributed by atoms with Crippen LogP contribution in [-0.4, -0.2) is 28.4 Å². The lowest BCUT2D eigenvalue weighted by Crippen LogP contribution is -2.26. The maximum absolute atomic E-state index is 12.0. The van der Waals surface area contributed by atoms with Gasteiger partial charge in [0.25, 0.3) is 0 Å². The lowest BCUT2D eigenvalue weighted by Gasteiger charge is -2.19. The van der Waals surface area contributed by atoms with Crippen LogP contribution in [0.2, 0.25) is 0 Å². The van der Waals surface area contributed by atoms with Gasteiger partial charge < -0.3 is 15.2 Å². The van der Waals surface area contributed by atoms with Crippen molar-refractivity contribution in [2.24, 2.45) is 0 Å². The monoisotopic (exact) mass is 263 g/mol. The van der Waals surface area contributed by atoms with E-state index in [-0.39, 0.29) is 0 Å². The molecular formula is C13H17N3O3. The molecule has 2 rings (SSSR count). The van der Waals surface area contributed by atoms with Crippen LogP contribution in [0.3, 0.4) is 0 Å². The molecule has 0 bridgehead atoms. The fraction of sp³-hybridized carbons (Fsp3) is 0.385. The summed E-state index contributed by atoms with van der Waals surface area (Å²) in [5.74, 6) is 0.507. The number of aromatic nitrogens is 2. The third-order valence-corrected chi connectivity index (χ3v) is 2.49. The first kappa shape index (κ1) is 13.2. The second-order valence-electron chi connectivity index (χ2n) is 5.15. The van der Waals surface area contributed by atoms with Crippen molar-refractivity contribution in [2.75, 3.05) is 12.8 Å². The molecule has 0 aliphatic heterocycles. The Morgan fingerprint density at radius 2 is 2.11 bits per heavy atom. The maximum Gasteiger partial charge on any atom is 0.420 e. The lowest BCUT2D eigenvalue weighted by molar-refractivity contribution is 0.0543. The molecular weight excluding hydrogens is 246 g/mol.